The average Bonchev–Trinajstić information content (AvgIpc) is 2.36. The highest BCUT2D eigenvalue weighted by atomic mass is 35.5. The molecule has 0 fully saturated rings. The summed E-state index contributed by atoms with van der Waals surface area (Å²) < 4.78 is 5.52. The van der Waals surface area contributed by atoms with Crippen LogP contribution < -0.4 is 5.32 Å². The minimum absolute atomic E-state index is 0.0654. The summed E-state index contributed by atoms with van der Waals surface area (Å²) in [5.41, 5.74) is 2.18. The van der Waals surface area contributed by atoms with E-state index in [1.165, 1.54) is 0 Å². The summed E-state index contributed by atoms with van der Waals surface area (Å²) in [6.45, 7) is 7.49. The second-order valence-corrected chi connectivity index (χ2v) is 5.23. The third-order valence-corrected chi connectivity index (χ3v) is 3.19. The summed E-state index contributed by atoms with van der Waals surface area (Å²) >= 11 is 5.97. The van der Waals surface area contributed by atoms with Crippen molar-refractivity contribution in [1.29, 1.82) is 0 Å². The SMILES string of the molecule is CCC(C)C(=O)NCCOCc1cc(C)cc(Cl)c1. The molecule has 0 spiro atoms. The lowest BCUT2D eigenvalue weighted by Crippen LogP contribution is -2.31. The molecular weight excluding hydrogens is 262 g/mol. The number of hydrogen-bond acceptors (Lipinski definition) is 2. The number of hydrogen-bond donors (Lipinski definition) is 1. The number of carbonyl (C=O) groups is 1. The first kappa shape index (κ1) is 16.0. The molecule has 0 heterocycles. The summed E-state index contributed by atoms with van der Waals surface area (Å²) in [5, 5.41) is 3.58. The molecule has 19 heavy (non-hydrogen) atoms. The molecule has 1 atom stereocenters. The molecule has 0 saturated heterocycles. The summed E-state index contributed by atoms with van der Waals surface area (Å²) in [7, 11) is 0. The molecule has 1 N–H and O–H groups in total. The Hall–Kier alpha value is -1.06. The van der Waals surface area contributed by atoms with Gasteiger partial charge in [0.2, 0.25) is 5.91 Å². The normalized spacial score (nSPS) is 12.2. The zero-order valence-corrected chi connectivity index (χ0v) is 12.6. The van der Waals surface area contributed by atoms with Crippen LogP contribution >= 0.6 is 11.6 Å². The Morgan fingerprint density at radius 3 is 2.79 bits per heavy atom. The molecule has 3 nitrogen and oxygen atoms in total. The largest absolute Gasteiger partial charge is 0.375 e. The first-order chi connectivity index (χ1) is 9.02. The molecule has 4 heteroatoms. The molecule has 1 amide bonds. The lowest BCUT2D eigenvalue weighted by molar-refractivity contribution is -0.124. The highest BCUT2D eigenvalue weighted by Crippen LogP contribution is 2.15. The fraction of sp³-hybridized carbons (Fsp3) is 0.533. The standard InChI is InChI=1S/C15H22ClNO2/c1-4-12(3)15(18)17-5-6-19-10-13-7-11(2)8-14(16)9-13/h7-9,12H,4-6,10H2,1-3H3,(H,17,18). The third-order valence-electron chi connectivity index (χ3n) is 2.98. The molecule has 1 unspecified atom stereocenters. The van der Waals surface area contributed by atoms with Crippen molar-refractivity contribution in [3.63, 3.8) is 0 Å². The minimum atomic E-state index is 0.0654. The summed E-state index contributed by atoms with van der Waals surface area (Å²) in [6.07, 6.45) is 0.856. The molecule has 1 rings (SSSR count). The maximum absolute atomic E-state index is 11.5. The van der Waals surface area contributed by atoms with Gasteiger partial charge >= 0.3 is 0 Å². The molecule has 0 aliphatic rings. The van der Waals surface area contributed by atoms with E-state index in [1.54, 1.807) is 0 Å². The van der Waals surface area contributed by atoms with E-state index in [1.807, 2.05) is 39.0 Å². The Bertz CT molecular complexity index is 400. The Labute approximate surface area is 120 Å². The van der Waals surface area contributed by atoms with Gasteiger partial charge in [-0.25, -0.2) is 0 Å². The molecule has 1 aromatic carbocycles. The van der Waals surface area contributed by atoms with Gasteiger partial charge in [-0.15, -0.1) is 0 Å². The third kappa shape index (κ3) is 6.08. The number of benzene rings is 1. The Morgan fingerprint density at radius 2 is 2.16 bits per heavy atom. The van der Waals surface area contributed by atoms with Crippen molar-refractivity contribution in [3.8, 4) is 0 Å². The number of nitrogens with one attached hydrogen (secondary N) is 1. The van der Waals surface area contributed by atoms with Gasteiger partial charge in [0, 0.05) is 17.5 Å². The van der Waals surface area contributed by atoms with Crippen molar-refractivity contribution in [2.45, 2.75) is 33.8 Å². The van der Waals surface area contributed by atoms with E-state index in [9.17, 15) is 4.79 Å². The average molecular weight is 284 g/mol. The highest BCUT2D eigenvalue weighted by Gasteiger charge is 2.08. The number of amides is 1. The molecule has 1 aromatic rings. The van der Waals surface area contributed by atoms with Crippen LogP contribution in [0.3, 0.4) is 0 Å². The van der Waals surface area contributed by atoms with E-state index < -0.39 is 0 Å². The highest BCUT2D eigenvalue weighted by molar-refractivity contribution is 6.30. The van der Waals surface area contributed by atoms with Crippen LogP contribution in [0.2, 0.25) is 5.02 Å². The van der Waals surface area contributed by atoms with Gasteiger partial charge in [-0.3, -0.25) is 4.79 Å². The number of ether oxygens (including phenoxy) is 1. The number of halogens is 1. The predicted molar refractivity (Wildman–Crippen MR) is 78.3 cm³/mol. The fourth-order valence-corrected chi connectivity index (χ4v) is 2.00. The van der Waals surface area contributed by atoms with Gasteiger partial charge < -0.3 is 10.1 Å². The molecule has 0 bridgehead atoms. The van der Waals surface area contributed by atoms with Crippen LogP contribution in [-0.2, 0) is 16.1 Å². The maximum atomic E-state index is 11.5. The van der Waals surface area contributed by atoms with Crippen molar-refractivity contribution in [2.75, 3.05) is 13.2 Å². The van der Waals surface area contributed by atoms with E-state index in [0.29, 0.717) is 19.8 Å². The van der Waals surface area contributed by atoms with E-state index >= 15 is 0 Å². The van der Waals surface area contributed by atoms with Gasteiger partial charge in [0.05, 0.1) is 13.2 Å². The molecule has 106 valence electrons. The van der Waals surface area contributed by atoms with Crippen LogP contribution in [0.1, 0.15) is 31.4 Å². The van der Waals surface area contributed by atoms with E-state index in [-0.39, 0.29) is 11.8 Å². The van der Waals surface area contributed by atoms with Gasteiger partial charge in [0.25, 0.3) is 0 Å². The quantitative estimate of drug-likeness (QED) is 0.780. The monoisotopic (exact) mass is 283 g/mol. The second-order valence-electron chi connectivity index (χ2n) is 4.79. The maximum Gasteiger partial charge on any atom is 0.222 e. The van der Waals surface area contributed by atoms with Crippen LogP contribution in [0.4, 0.5) is 0 Å². The van der Waals surface area contributed by atoms with Gasteiger partial charge in [0.15, 0.2) is 0 Å². The Morgan fingerprint density at radius 1 is 1.42 bits per heavy atom. The Balaban J connectivity index is 2.22. The zero-order valence-electron chi connectivity index (χ0n) is 11.8. The number of rotatable bonds is 7. The van der Waals surface area contributed by atoms with Crippen LogP contribution in [0.5, 0.6) is 0 Å². The minimum Gasteiger partial charge on any atom is -0.375 e. The smallest absolute Gasteiger partial charge is 0.222 e. The lowest BCUT2D eigenvalue weighted by Gasteiger charge is -2.10. The molecule has 0 aromatic heterocycles. The summed E-state index contributed by atoms with van der Waals surface area (Å²) in [6, 6.07) is 5.85. The molecular formula is C15H22ClNO2. The number of carbonyl (C=O) groups excluding carboxylic acids is 1. The van der Waals surface area contributed by atoms with E-state index in [4.69, 9.17) is 16.3 Å². The molecule has 0 aliphatic carbocycles. The first-order valence-corrected chi connectivity index (χ1v) is 7.02. The van der Waals surface area contributed by atoms with Crippen molar-refractivity contribution in [3.05, 3.63) is 34.3 Å². The molecule has 0 saturated carbocycles. The topological polar surface area (TPSA) is 38.3 Å². The lowest BCUT2D eigenvalue weighted by atomic mass is 10.1. The second kappa shape index (κ2) is 8.18. The van der Waals surface area contributed by atoms with Gasteiger partial charge in [-0.05, 0) is 36.6 Å². The molecule has 0 aliphatic heterocycles. The van der Waals surface area contributed by atoms with Gasteiger partial charge in [-0.2, -0.15) is 0 Å². The van der Waals surface area contributed by atoms with Crippen molar-refractivity contribution in [2.24, 2.45) is 5.92 Å². The van der Waals surface area contributed by atoms with Crippen molar-refractivity contribution < 1.29 is 9.53 Å². The first-order valence-electron chi connectivity index (χ1n) is 6.64. The number of aryl methyl sites for hydroxylation is 1. The predicted octanol–water partition coefficient (Wildman–Crippen LogP) is 3.33. The van der Waals surface area contributed by atoms with Crippen LogP contribution in [0.25, 0.3) is 0 Å². The van der Waals surface area contributed by atoms with Crippen LogP contribution in [0.15, 0.2) is 18.2 Å². The zero-order chi connectivity index (χ0) is 14.3. The van der Waals surface area contributed by atoms with Crippen LogP contribution in [0, 0.1) is 12.8 Å². The van der Waals surface area contributed by atoms with Crippen molar-refractivity contribution in [1.82, 2.24) is 5.32 Å². The van der Waals surface area contributed by atoms with E-state index in [2.05, 4.69) is 5.32 Å². The van der Waals surface area contributed by atoms with Crippen molar-refractivity contribution >= 4 is 17.5 Å². The molecule has 0 radical (unpaired) electrons. The van der Waals surface area contributed by atoms with E-state index in [0.717, 1.165) is 22.6 Å². The fourth-order valence-electron chi connectivity index (χ4n) is 1.69. The Kier molecular flexibility index (Phi) is 6.89. The summed E-state index contributed by atoms with van der Waals surface area (Å²) in [4.78, 5) is 11.5. The van der Waals surface area contributed by atoms with Gasteiger partial charge in [0.1, 0.15) is 0 Å². The summed E-state index contributed by atoms with van der Waals surface area (Å²) in [5.74, 6) is 0.153. The van der Waals surface area contributed by atoms with Gasteiger partial charge in [-0.1, -0.05) is 31.5 Å². The van der Waals surface area contributed by atoms with Crippen LogP contribution in [-0.4, -0.2) is 19.1 Å².